The molecule has 0 saturated carbocycles. The van der Waals surface area contributed by atoms with Crippen molar-refractivity contribution in [2.75, 3.05) is 0 Å². The zero-order valence-electron chi connectivity index (χ0n) is 22.3. The average molecular weight is 592 g/mol. The van der Waals surface area contributed by atoms with Crippen LogP contribution in [-0.2, 0) is 19.5 Å². The van der Waals surface area contributed by atoms with Crippen LogP contribution in [0, 0.1) is 5.82 Å². The van der Waals surface area contributed by atoms with E-state index in [-0.39, 0.29) is 30.7 Å². The summed E-state index contributed by atoms with van der Waals surface area (Å²) in [5, 5.41) is 3.66. The summed E-state index contributed by atoms with van der Waals surface area (Å²) in [4.78, 5) is 19.8. The number of hydrogen-bond acceptors (Lipinski definition) is 2. The molecule has 6 heteroatoms. The van der Waals surface area contributed by atoms with Gasteiger partial charge in [0.2, 0.25) is 0 Å². The van der Waals surface area contributed by atoms with Gasteiger partial charge in [0.25, 0.3) is 0 Å². The summed E-state index contributed by atoms with van der Waals surface area (Å²) in [5.74, 6) is -0.445. The Morgan fingerprint density at radius 3 is 1.43 bits per heavy atom. The van der Waals surface area contributed by atoms with Crippen molar-refractivity contribution in [2.45, 2.75) is 0 Å². The smallest absolute Gasteiger partial charge is 0.657 e. The van der Waals surface area contributed by atoms with Crippen LogP contribution in [0.15, 0.2) is 115 Å². The Balaban J connectivity index is 0.00000267. The van der Waals surface area contributed by atoms with Crippen molar-refractivity contribution in [3.63, 3.8) is 0 Å². The van der Waals surface area contributed by atoms with Crippen molar-refractivity contribution < 1.29 is 23.9 Å². The minimum absolute atomic E-state index is 0. The largest absolute Gasteiger partial charge is 2.00 e. The van der Waals surface area contributed by atoms with Crippen molar-refractivity contribution in [3.05, 3.63) is 121 Å². The molecule has 4 aromatic carbocycles. The summed E-state index contributed by atoms with van der Waals surface area (Å²) in [6, 6.07) is 37.8. The summed E-state index contributed by atoms with van der Waals surface area (Å²) < 4.78 is 16.6. The second-order valence-corrected chi connectivity index (χ2v) is 10.4. The zero-order chi connectivity index (χ0) is 27.1. The quantitative estimate of drug-likeness (QED) is 0.166. The van der Waals surface area contributed by atoms with E-state index in [0.29, 0.717) is 11.2 Å². The summed E-state index contributed by atoms with van der Waals surface area (Å²) in [5.41, 5.74) is 8.83. The molecule has 0 spiro atoms. The Hall–Kier alpha value is -4.93. The second kappa shape index (κ2) is 9.30. The Kier molecular flexibility index (Phi) is 5.50. The van der Waals surface area contributed by atoms with Gasteiger partial charge in [-0.2, -0.15) is 0 Å². The summed E-state index contributed by atoms with van der Waals surface area (Å²) in [6.45, 7) is 0. The Labute approximate surface area is 252 Å². The maximum Gasteiger partial charge on any atom is 2.00 e. The molecule has 192 valence electrons. The number of benzene rings is 4. The third-order valence-electron chi connectivity index (χ3n) is 8.06. The van der Waals surface area contributed by atoms with E-state index in [0.717, 1.165) is 66.2 Å². The van der Waals surface area contributed by atoms with E-state index in [1.807, 2.05) is 84.9 Å². The third-order valence-corrected chi connectivity index (χ3v) is 8.06. The molecule has 4 nitrogen and oxygen atoms in total. The van der Waals surface area contributed by atoms with Gasteiger partial charge in [-0.05, 0) is 39.7 Å². The van der Waals surface area contributed by atoms with Crippen LogP contribution in [0.1, 0.15) is 0 Å². The van der Waals surface area contributed by atoms with E-state index in [9.17, 15) is 0 Å². The van der Waals surface area contributed by atoms with Gasteiger partial charge >= 0.3 is 19.5 Å². The third kappa shape index (κ3) is 3.55. The maximum atomic E-state index is 16.6. The molecule has 0 atom stereocenters. The molecular weight excluding hydrogens is 573 g/mol. The van der Waals surface area contributed by atoms with E-state index in [1.165, 1.54) is 0 Å². The summed E-state index contributed by atoms with van der Waals surface area (Å²) in [6.07, 6.45) is 0. The van der Waals surface area contributed by atoms with Crippen LogP contribution in [0.4, 0.5) is 4.39 Å². The number of rotatable bonds is 0. The Morgan fingerprint density at radius 2 is 0.857 bits per heavy atom. The van der Waals surface area contributed by atoms with E-state index in [4.69, 9.17) is 19.9 Å². The van der Waals surface area contributed by atoms with Crippen molar-refractivity contribution in [1.82, 2.24) is 19.9 Å². The number of aromatic nitrogens is 4. The number of halogens is 1. The van der Waals surface area contributed by atoms with E-state index >= 15 is 4.39 Å². The van der Waals surface area contributed by atoms with Gasteiger partial charge < -0.3 is 9.97 Å². The molecule has 3 aromatic heterocycles. The first-order valence-electron chi connectivity index (χ1n) is 13.5. The fourth-order valence-electron chi connectivity index (χ4n) is 6.16. The van der Waals surface area contributed by atoms with Crippen LogP contribution in [0.3, 0.4) is 0 Å². The molecule has 42 heavy (non-hydrogen) atoms. The molecule has 8 bridgehead atoms. The fraction of sp³-hybridized carbons (Fsp3) is 0. The standard InChI is InChI=1S/C36H19FN4.Zn/c37-34-35-26-15-7-5-13-24(26)32(40-35)18-30-22-11-3-1-9-20(22)28(38-30)17-29-21-10-2-4-12-23(21)31(39-29)19-33-25-14-6-8-16-27(25)36(34)41-33;/h1-19H;/q-2;+2. The van der Waals surface area contributed by atoms with Crippen LogP contribution in [0.25, 0.3) is 88.6 Å². The predicted octanol–water partition coefficient (Wildman–Crippen LogP) is 8.68. The van der Waals surface area contributed by atoms with Crippen LogP contribution in [0.2, 0.25) is 0 Å². The van der Waals surface area contributed by atoms with E-state index < -0.39 is 5.82 Å². The second-order valence-electron chi connectivity index (χ2n) is 10.4. The molecule has 0 N–H and O–H groups in total. The zero-order valence-corrected chi connectivity index (χ0v) is 25.3. The minimum Gasteiger partial charge on any atom is -0.657 e. The summed E-state index contributed by atoms with van der Waals surface area (Å²) in [7, 11) is 0. The van der Waals surface area contributed by atoms with Crippen molar-refractivity contribution >= 4 is 43.6 Å². The monoisotopic (exact) mass is 590 g/mol. The summed E-state index contributed by atoms with van der Waals surface area (Å²) >= 11 is 0. The molecule has 0 saturated heterocycles. The molecule has 0 amide bonds. The van der Waals surface area contributed by atoms with Crippen molar-refractivity contribution in [2.24, 2.45) is 0 Å². The van der Waals surface area contributed by atoms with Crippen LogP contribution < -0.4 is 9.97 Å². The average Bonchev–Trinajstić information content (AvgIpc) is 3.76. The van der Waals surface area contributed by atoms with Gasteiger partial charge in [-0.15, -0.1) is 16.6 Å². The van der Waals surface area contributed by atoms with Gasteiger partial charge in [0.1, 0.15) is 11.5 Å². The number of hydrogen-bond donors (Lipinski definition) is 0. The van der Waals surface area contributed by atoms with Gasteiger partial charge in [0.05, 0.1) is 17.1 Å². The number of fused-ring (bicyclic) bond motifs is 20. The van der Waals surface area contributed by atoms with Gasteiger partial charge in [-0.3, -0.25) is 0 Å². The molecule has 2 aliphatic rings. The molecule has 0 unspecified atom stereocenters. The molecule has 7 aromatic rings. The normalized spacial score (nSPS) is 11.7. The molecule has 5 heterocycles. The van der Waals surface area contributed by atoms with Gasteiger partial charge in [0, 0.05) is 22.3 Å². The van der Waals surface area contributed by atoms with Crippen molar-refractivity contribution in [1.29, 1.82) is 0 Å². The molecule has 0 fully saturated rings. The van der Waals surface area contributed by atoms with E-state index in [1.54, 1.807) is 0 Å². The van der Waals surface area contributed by atoms with Crippen LogP contribution in [0.5, 0.6) is 0 Å². The predicted molar refractivity (Wildman–Crippen MR) is 163 cm³/mol. The topological polar surface area (TPSA) is 54.0 Å². The van der Waals surface area contributed by atoms with Gasteiger partial charge in [0.15, 0.2) is 0 Å². The van der Waals surface area contributed by atoms with Crippen LogP contribution in [-0.4, -0.2) is 9.97 Å². The molecular formula is C36H19FN4Zn. The Morgan fingerprint density at radius 1 is 0.452 bits per heavy atom. The first-order chi connectivity index (χ1) is 20.2. The first-order valence-corrected chi connectivity index (χ1v) is 13.5. The van der Waals surface area contributed by atoms with E-state index in [2.05, 4.69) is 30.3 Å². The van der Waals surface area contributed by atoms with Crippen molar-refractivity contribution in [3.8, 4) is 45.0 Å². The van der Waals surface area contributed by atoms with Gasteiger partial charge in [-0.25, -0.2) is 14.4 Å². The fourth-order valence-corrected chi connectivity index (χ4v) is 6.16. The van der Waals surface area contributed by atoms with Crippen LogP contribution >= 0.6 is 0 Å². The number of nitrogens with zero attached hydrogens (tertiary/aromatic N) is 4. The Bertz CT molecular complexity index is 2400. The molecule has 0 radical (unpaired) electrons. The molecule has 0 aliphatic carbocycles. The molecule has 9 rings (SSSR count). The van der Waals surface area contributed by atoms with Gasteiger partial charge in [-0.1, -0.05) is 103 Å². The maximum absolute atomic E-state index is 16.6. The SMILES string of the molecule is Fc1c2nc(cc3[n-]c(cc4nc(cc5[n-]c1c1ccccc51)-c1ccccc1-4)c1ccccc31)-c1ccccc1-2.[Zn+2]. The minimum atomic E-state index is -0.445. The molecule has 2 aliphatic heterocycles. The first kappa shape index (κ1) is 24.8.